The van der Waals surface area contributed by atoms with Crippen LogP contribution in [-0.4, -0.2) is 0 Å². The van der Waals surface area contributed by atoms with E-state index in [0.717, 1.165) is 46.5 Å². The monoisotopic (exact) mass is 385 g/mol. The molecule has 0 saturated carbocycles. The first-order chi connectivity index (χ1) is 14.3. The van der Waals surface area contributed by atoms with Crippen molar-refractivity contribution in [3.8, 4) is 23.0 Å². The quantitative estimate of drug-likeness (QED) is 0.294. The van der Waals surface area contributed by atoms with Gasteiger partial charge in [-0.25, -0.2) is 0 Å². The van der Waals surface area contributed by atoms with Crippen LogP contribution in [-0.2, 0) is 6.42 Å². The smallest absolute Gasteiger partial charge is 0.155 e. The standard InChI is InChI=1S/C26H27NO2/c1-3-5-10-18(4-2)15-19-16-24-26-25(17-19)29-23-14-9-7-12-21(23)27(26)20-11-6-8-13-22(20)28-24/h6-9,11-14,16-18H,3-5,10,15H2,1-2H3. The van der Waals surface area contributed by atoms with Gasteiger partial charge in [-0.05, 0) is 54.3 Å². The molecule has 29 heavy (non-hydrogen) atoms. The van der Waals surface area contributed by atoms with Gasteiger partial charge in [0.25, 0.3) is 0 Å². The minimum atomic E-state index is 0.697. The highest BCUT2D eigenvalue weighted by Gasteiger charge is 2.34. The average Bonchev–Trinajstić information content (AvgIpc) is 2.76. The lowest BCUT2D eigenvalue weighted by Crippen LogP contribution is -2.20. The molecule has 3 heteroatoms. The molecule has 0 spiro atoms. The second kappa shape index (κ2) is 7.47. The maximum Gasteiger partial charge on any atom is 0.155 e. The molecule has 3 aromatic rings. The van der Waals surface area contributed by atoms with Gasteiger partial charge in [0.05, 0.1) is 11.4 Å². The van der Waals surface area contributed by atoms with E-state index >= 15 is 0 Å². The van der Waals surface area contributed by atoms with Gasteiger partial charge in [-0.1, -0.05) is 63.8 Å². The van der Waals surface area contributed by atoms with Crippen LogP contribution in [0, 0.1) is 5.92 Å². The van der Waals surface area contributed by atoms with Crippen LogP contribution in [0.15, 0.2) is 60.7 Å². The van der Waals surface area contributed by atoms with E-state index in [9.17, 15) is 0 Å². The predicted octanol–water partition coefficient (Wildman–Crippen LogP) is 8.13. The lowest BCUT2D eigenvalue weighted by atomic mass is 9.91. The first kappa shape index (κ1) is 18.1. The highest BCUT2D eigenvalue weighted by Crippen LogP contribution is 2.59. The molecule has 0 N–H and O–H groups in total. The predicted molar refractivity (Wildman–Crippen MR) is 118 cm³/mol. The van der Waals surface area contributed by atoms with Crippen LogP contribution in [0.3, 0.4) is 0 Å². The molecule has 0 aromatic heterocycles. The molecule has 2 aliphatic heterocycles. The Hall–Kier alpha value is -2.94. The second-order valence-electron chi connectivity index (χ2n) is 8.04. The van der Waals surface area contributed by atoms with Crippen molar-refractivity contribution in [1.82, 2.24) is 0 Å². The number of para-hydroxylation sites is 4. The summed E-state index contributed by atoms with van der Waals surface area (Å²) in [6.45, 7) is 4.56. The number of nitrogens with zero attached hydrogens (tertiary/aromatic N) is 1. The molecule has 148 valence electrons. The molecule has 0 amide bonds. The van der Waals surface area contributed by atoms with Gasteiger partial charge >= 0.3 is 0 Å². The van der Waals surface area contributed by atoms with Gasteiger partial charge < -0.3 is 9.47 Å². The number of unbranched alkanes of at least 4 members (excludes halogenated alkanes) is 1. The van der Waals surface area contributed by atoms with E-state index in [1.54, 1.807) is 0 Å². The number of benzene rings is 3. The Morgan fingerprint density at radius 1 is 0.793 bits per heavy atom. The molecule has 1 atom stereocenters. The number of fused-ring (bicyclic) bond motifs is 4. The van der Waals surface area contributed by atoms with Crippen LogP contribution in [0.1, 0.15) is 45.1 Å². The molecule has 3 aromatic carbocycles. The highest BCUT2D eigenvalue weighted by molar-refractivity contribution is 5.93. The third kappa shape index (κ3) is 3.15. The van der Waals surface area contributed by atoms with E-state index < -0.39 is 0 Å². The summed E-state index contributed by atoms with van der Waals surface area (Å²) in [7, 11) is 0. The summed E-state index contributed by atoms with van der Waals surface area (Å²) >= 11 is 0. The number of ether oxygens (including phenoxy) is 2. The third-order valence-electron chi connectivity index (χ3n) is 6.04. The summed E-state index contributed by atoms with van der Waals surface area (Å²) in [6.07, 6.45) is 6.08. The first-order valence-corrected chi connectivity index (χ1v) is 10.8. The molecule has 2 aliphatic rings. The summed E-state index contributed by atoms with van der Waals surface area (Å²) < 4.78 is 12.7. The summed E-state index contributed by atoms with van der Waals surface area (Å²) in [5.41, 5.74) is 4.41. The summed E-state index contributed by atoms with van der Waals surface area (Å²) in [4.78, 5) is 2.28. The molecule has 0 saturated heterocycles. The molecular weight excluding hydrogens is 358 g/mol. The van der Waals surface area contributed by atoms with Crippen molar-refractivity contribution in [1.29, 1.82) is 0 Å². The van der Waals surface area contributed by atoms with E-state index in [-0.39, 0.29) is 0 Å². The molecule has 1 unspecified atom stereocenters. The van der Waals surface area contributed by atoms with Crippen molar-refractivity contribution in [2.24, 2.45) is 5.92 Å². The molecule has 3 nitrogen and oxygen atoms in total. The number of anilines is 3. The molecule has 0 aliphatic carbocycles. The lowest BCUT2D eigenvalue weighted by molar-refractivity contribution is 0.433. The van der Waals surface area contributed by atoms with Crippen molar-refractivity contribution < 1.29 is 9.47 Å². The Labute approximate surface area is 172 Å². The van der Waals surface area contributed by atoms with Crippen LogP contribution in [0.25, 0.3) is 0 Å². The van der Waals surface area contributed by atoms with Crippen molar-refractivity contribution in [3.63, 3.8) is 0 Å². The molecule has 5 rings (SSSR count). The van der Waals surface area contributed by atoms with Crippen LogP contribution in [0.2, 0.25) is 0 Å². The van der Waals surface area contributed by atoms with Crippen LogP contribution < -0.4 is 14.4 Å². The SMILES string of the molecule is CCCCC(CC)Cc1cc2c3c(c1)Oc1ccccc1N3c1ccccc1O2. The fourth-order valence-electron chi connectivity index (χ4n) is 4.47. The third-order valence-corrected chi connectivity index (χ3v) is 6.04. The van der Waals surface area contributed by atoms with Crippen molar-refractivity contribution in [2.45, 2.75) is 46.0 Å². The van der Waals surface area contributed by atoms with Gasteiger partial charge in [-0.15, -0.1) is 0 Å². The molecule has 0 radical (unpaired) electrons. The summed E-state index contributed by atoms with van der Waals surface area (Å²) in [6, 6.07) is 20.9. The van der Waals surface area contributed by atoms with E-state index in [2.05, 4.69) is 55.1 Å². The Kier molecular flexibility index (Phi) is 4.67. The summed E-state index contributed by atoms with van der Waals surface area (Å²) in [5.74, 6) is 4.24. The van der Waals surface area contributed by atoms with Gasteiger partial charge in [0, 0.05) is 0 Å². The zero-order chi connectivity index (χ0) is 19.8. The highest BCUT2D eigenvalue weighted by atomic mass is 16.5. The fraction of sp³-hybridized carbons (Fsp3) is 0.308. The van der Waals surface area contributed by atoms with Gasteiger partial charge in [-0.3, -0.25) is 4.90 Å². The zero-order valence-electron chi connectivity index (χ0n) is 17.2. The average molecular weight is 386 g/mol. The van der Waals surface area contributed by atoms with Crippen LogP contribution in [0.5, 0.6) is 23.0 Å². The maximum atomic E-state index is 6.35. The Morgan fingerprint density at radius 2 is 1.38 bits per heavy atom. The topological polar surface area (TPSA) is 21.7 Å². The molecule has 0 bridgehead atoms. The van der Waals surface area contributed by atoms with E-state index in [4.69, 9.17) is 9.47 Å². The minimum Gasteiger partial charge on any atom is -0.453 e. The Bertz CT molecular complexity index is 972. The van der Waals surface area contributed by atoms with Crippen molar-refractivity contribution >= 4 is 17.1 Å². The second-order valence-corrected chi connectivity index (χ2v) is 8.04. The largest absolute Gasteiger partial charge is 0.453 e. The lowest BCUT2D eigenvalue weighted by Gasteiger charge is -2.38. The van der Waals surface area contributed by atoms with Gasteiger partial charge in [-0.2, -0.15) is 0 Å². The molecular formula is C26H27NO2. The van der Waals surface area contributed by atoms with E-state index in [1.165, 1.54) is 31.2 Å². The zero-order valence-corrected chi connectivity index (χ0v) is 17.2. The van der Waals surface area contributed by atoms with Gasteiger partial charge in [0.2, 0.25) is 0 Å². The van der Waals surface area contributed by atoms with E-state index in [0.29, 0.717) is 5.92 Å². The van der Waals surface area contributed by atoms with Crippen LogP contribution in [0.4, 0.5) is 17.1 Å². The number of hydrogen-bond acceptors (Lipinski definition) is 3. The first-order valence-electron chi connectivity index (χ1n) is 10.8. The minimum absolute atomic E-state index is 0.697. The Balaban J connectivity index is 1.60. The molecule has 0 fully saturated rings. The summed E-state index contributed by atoms with van der Waals surface area (Å²) in [5, 5.41) is 0. The Morgan fingerprint density at radius 3 is 1.93 bits per heavy atom. The van der Waals surface area contributed by atoms with Gasteiger partial charge in [0.1, 0.15) is 5.69 Å². The van der Waals surface area contributed by atoms with Crippen molar-refractivity contribution in [2.75, 3.05) is 4.90 Å². The molecule has 2 heterocycles. The number of rotatable bonds is 6. The normalized spacial score (nSPS) is 14.2. The van der Waals surface area contributed by atoms with Crippen LogP contribution >= 0.6 is 0 Å². The number of hydrogen-bond donors (Lipinski definition) is 0. The van der Waals surface area contributed by atoms with E-state index in [1.807, 2.05) is 24.3 Å². The van der Waals surface area contributed by atoms with Gasteiger partial charge in [0.15, 0.2) is 23.0 Å². The fourth-order valence-corrected chi connectivity index (χ4v) is 4.47. The maximum absolute atomic E-state index is 6.35. The van der Waals surface area contributed by atoms with Crippen molar-refractivity contribution in [3.05, 3.63) is 66.2 Å².